The first-order valence-electron chi connectivity index (χ1n) is 23.9. The normalized spacial score (nSPS) is 12.3. The number of unbranched alkanes of at least 4 members (excludes halogenated alkanes) is 29. The molecule has 1 unspecified atom stereocenters. The zero-order valence-electron chi connectivity index (χ0n) is 36.5. The maximum Gasteiger partial charge on any atom is 0.306 e. The second-order valence-corrected chi connectivity index (χ2v) is 16.0. The molecule has 0 amide bonds. The molecule has 1 atom stereocenters. The molecule has 318 valence electrons. The van der Waals surface area contributed by atoms with Gasteiger partial charge >= 0.3 is 11.9 Å². The third-order valence-electron chi connectivity index (χ3n) is 10.5. The second-order valence-electron chi connectivity index (χ2n) is 16.0. The van der Waals surface area contributed by atoms with Gasteiger partial charge in [0.15, 0.2) is 6.10 Å². The summed E-state index contributed by atoms with van der Waals surface area (Å²) in [6, 6.07) is 0. The van der Waals surface area contributed by atoms with Gasteiger partial charge < -0.3 is 14.2 Å². The molecule has 0 aliphatic carbocycles. The highest BCUT2D eigenvalue weighted by molar-refractivity contribution is 5.70. The van der Waals surface area contributed by atoms with E-state index in [0.717, 1.165) is 51.4 Å². The summed E-state index contributed by atoms with van der Waals surface area (Å²) < 4.78 is 17.3. The van der Waals surface area contributed by atoms with Crippen LogP contribution in [0, 0.1) is 0 Å². The van der Waals surface area contributed by atoms with Crippen LogP contribution in [0.3, 0.4) is 0 Å². The zero-order chi connectivity index (χ0) is 39.3. The lowest BCUT2D eigenvalue weighted by atomic mass is 10.1. The van der Waals surface area contributed by atoms with Crippen LogP contribution < -0.4 is 0 Å². The summed E-state index contributed by atoms with van der Waals surface area (Å²) in [5.74, 6) is -0.400. The Labute approximate surface area is 337 Å². The van der Waals surface area contributed by atoms with Crippen LogP contribution in [0.1, 0.15) is 252 Å². The van der Waals surface area contributed by atoms with E-state index in [1.807, 2.05) is 0 Å². The van der Waals surface area contributed by atoms with Crippen LogP contribution in [0.15, 0.2) is 24.3 Å². The van der Waals surface area contributed by atoms with Gasteiger partial charge in [0.05, 0.1) is 6.61 Å². The number of hydrogen-bond donors (Lipinski definition) is 0. The molecule has 0 aliphatic heterocycles. The molecule has 0 aromatic rings. The molecule has 0 radical (unpaired) electrons. The monoisotopic (exact) mass is 761 g/mol. The molecule has 0 fully saturated rings. The molecule has 0 N–H and O–H groups in total. The Kier molecular flexibility index (Phi) is 44.4. The number of allylic oxidation sites excluding steroid dienone is 4. The van der Waals surface area contributed by atoms with Crippen molar-refractivity contribution >= 4 is 11.9 Å². The van der Waals surface area contributed by atoms with Crippen LogP contribution in [0.5, 0.6) is 0 Å². The fourth-order valence-corrected chi connectivity index (χ4v) is 6.89. The summed E-state index contributed by atoms with van der Waals surface area (Å²) >= 11 is 0. The van der Waals surface area contributed by atoms with Gasteiger partial charge in [-0.15, -0.1) is 0 Å². The smallest absolute Gasteiger partial charge is 0.306 e. The summed E-state index contributed by atoms with van der Waals surface area (Å²) in [6.07, 6.45) is 51.7. The third kappa shape index (κ3) is 43.1. The Balaban J connectivity index is 4.23. The number of hydrogen-bond acceptors (Lipinski definition) is 5. The predicted molar refractivity (Wildman–Crippen MR) is 233 cm³/mol. The molecular weight excluding hydrogens is 669 g/mol. The predicted octanol–water partition coefficient (Wildman–Crippen LogP) is 15.7. The Morgan fingerprint density at radius 3 is 1.26 bits per heavy atom. The first-order valence-corrected chi connectivity index (χ1v) is 23.9. The van der Waals surface area contributed by atoms with E-state index in [1.165, 1.54) is 167 Å². The van der Waals surface area contributed by atoms with E-state index in [4.69, 9.17) is 14.2 Å². The second kappa shape index (κ2) is 45.8. The molecule has 5 nitrogen and oxygen atoms in total. The molecular formula is C49H92O5. The first kappa shape index (κ1) is 52.4. The minimum absolute atomic E-state index is 0.0849. The average Bonchev–Trinajstić information content (AvgIpc) is 3.17. The van der Waals surface area contributed by atoms with Crippen molar-refractivity contribution in [2.24, 2.45) is 0 Å². The van der Waals surface area contributed by atoms with Crippen LogP contribution in [0.2, 0.25) is 0 Å². The van der Waals surface area contributed by atoms with Crippen LogP contribution in [-0.4, -0.2) is 37.9 Å². The van der Waals surface area contributed by atoms with Crippen molar-refractivity contribution in [1.82, 2.24) is 0 Å². The van der Waals surface area contributed by atoms with Gasteiger partial charge in [-0.05, 0) is 51.4 Å². The maximum atomic E-state index is 12.7. The number of carbonyl (C=O) groups is 2. The van der Waals surface area contributed by atoms with E-state index < -0.39 is 6.10 Å². The van der Waals surface area contributed by atoms with E-state index in [0.29, 0.717) is 26.1 Å². The van der Waals surface area contributed by atoms with Crippen molar-refractivity contribution in [3.8, 4) is 0 Å². The molecule has 0 spiro atoms. The molecule has 0 bridgehead atoms. The minimum atomic E-state index is -0.531. The summed E-state index contributed by atoms with van der Waals surface area (Å²) in [5, 5.41) is 0. The Morgan fingerprint density at radius 2 is 0.778 bits per heavy atom. The standard InChI is InChI=1S/C49H92O5/c1-4-7-10-13-16-19-22-24-25-26-28-30-33-36-39-42-48(50)53-46-47(45-52-44-41-38-35-32-29-23-20-17-14-11-8-5-2)54-49(51)43-40-37-34-31-27-21-18-15-12-9-6-3/h16,19,24-25,47H,4-15,17-18,20-23,26-46H2,1-3H3/b19-16-,25-24-. The molecule has 0 aromatic carbocycles. The molecule has 0 heterocycles. The Hall–Kier alpha value is -1.62. The van der Waals surface area contributed by atoms with Crippen LogP contribution in [-0.2, 0) is 23.8 Å². The zero-order valence-corrected chi connectivity index (χ0v) is 36.5. The highest BCUT2D eigenvalue weighted by atomic mass is 16.6. The van der Waals surface area contributed by atoms with Crippen molar-refractivity contribution in [3.63, 3.8) is 0 Å². The molecule has 0 rings (SSSR count). The van der Waals surface area contributed by atoms with Crippen LogP contribution >= 0.6 is 0 Å². The Morgan fingerprint density at radius 1 is 0.407 bits per heavy atom. The van der Waals surface area contributed by atoms with Crippen molar-refractivity contribution in [2.75, 3.05) is 19.8 Å². The minimum Gasteiger partial charge on any atom is -0.462 e. The van der Waals surface area contributed by atoms with E-state index >= 15 is 0 Å². The summed E-state index contributed by atoms with van der Waals surface area (Å²) in [6.45, 7) is 7.82. The van der Waals surface area contributed by atoms with E-state index in [2.05, 4.69) is 45.1 Å². The summed E-state index contributed by atoms with van der Waals surface area (Å²) in [5.41, 5.74) is 0. The van der Waals surface area contributed by atoms with Crippen molar-refractivity contribution in [3.05, 3.63) is 24.3 Å². The number of ether oxygens (including phenoxy) is 3. The summed E-state index contributed by atoms with van der Waals surface area (Å²) in [4.78, 5) is 25.2. The van der Waals surface area contributed by atoms with Gasteiger partial charge in [0.1, 0.15) is 6.61 Å². The van der Waals surface area contributed by atoms with E-state index in [9.17, 15) is 9.59 Å². The van der Waals surface area contributed by atoms with Gasteiger partial charge in [-0.2, -0.15) is 0 Å². The maximum absolute atomic E-state index is 12.7. The van der Waals surface area contributed by atoms with Crippen molar-refractivity contribution < 1.29 is 23.8 Å². The number of esters is 2. The molecule has 0 saturated heterocycles. The third-order valence-corrected chi connectivity index (χ3v) is 10.5. The molecule has 5 heteroatoms. The lowest BCUT2D eigenvalue weighted by Crippen LogP contribution is -2.30. The van der Waals surface area contributed by atoms with Crippen LogP contribution in [0.25, 0.3) is 0 Å². The van der Waals surface area contributed by atoms with Gasteiger partial charge in [-0.3, -0.25) is 9.59 Å². The van der Waals surface area contributed by atoms with Gasteiger partial charge in [0, 0.05) is 19.4 Å². The SMILES string of the molecule is CCCCC/C=C\C/C=C\CCCCCCCC(=O)OCC(COCCCCCCCCCCCCCC)OC(=O)CCCCCCCCCCCCC. The lowest BCUT2D eigenvalue weighted by molar-refractivity contribution is -0.163. The van der Waals surface area contributed by atoms with Crippen molar-refractivity contribution in [1.29, 1.82) is 0 Å². The van der Waals surface area contributed by atoms with Gasteiger partial charge in [0.25, 0.3) is 0 Å². The number of carbonyl (C=O) groups excluding carboxylic acids is 2. The molecule has 54 heavy (non-hydrogen) atoms. The van der Waals surface area contributed by atoms with E-state index in [-0.39, 0.29) is 18.5 Å². The molecule has 0 aromatic heterocycles. The highest BCUT2D eigenvalue weighted by Gasteiger charge is 2.17. The van der Waals surface area contributed by atoms with Gasteiger partial charge in [-0.25, -0.2) is 0 Å². The highest BCUT2D eigenvalue weighted by Crippen LogP contribution is 2.15. The largest absolute Gasteiger partial charge is 0.462 e. The van der Waals surface area contributed by atoms with E-state index in [1.54, 1.807) is 0 Å². The van der Waals surface area contributed by atoms with Gasteiger partial charge in [0.2, 0.25) is 0 Å². The lowest BCUT2D eigenvalue weighted by Gasteiger charge is -2.18. The first-order chi connectivity index (χ1) is 26.6. The number of rotatable bonds is 44. The average molecular weight is 761 g/mol. The Bertz CT molecular complexity index is 821. The van der Waals surface area contributed by atoms with Crippen molar-refractivity contribution in [2.45, 2.75) is 258 Å². The molecule has 0 saturated carbocycles. The quantitative estimate of drug-likeness (QED) is 0.0352. The fourth-order valence-electron chi connectivity index (χ4n) is 6.89. The van der Waals surface area contributed by atoms with Crippen LogP contribution in [0.4, 0.5) is 0 Å². The van der Waals surface area contributed by atoms with Gasteiger partial charge in [-0.1, -0.05) is 212 Å². The fraction of sp³-hybridized carbons (Fsp3) is 0.878. The molecule has 0 aliphatic rings. The summed E-state index contributed by atoms with van der Waals surface area (Å²) in [7, 11) is 0. The topological polar surface area (TPSA) is 61.8 Å².